The van der Waals surface area contributed by atoms with Gasteiger partial charge in [0.1, 0.15) is 5.82 Å². The van der Waals surface area contributed by atoms with Crippen molar-refractivity contribution in [3.63, 3.8) is 0 Å². The molecule has 2 aromatic rings. The number of nitrogens with zero attached hydrogens (tertiary/aromatic N) is 2. The van der Waals surface area contributed by atoms with Crippen LogP contribution in [0.4, 0.5) is 5.82 Å². The molecule has 0 saturated carbocycles. The average Bonchev–Trinajstić information content (AvgIpc) is 2.52. The summed E-state index contributed by atoms with van der Waals surface area (Å²) in [7, 11) is 0. The normalized spacial score (nSPS) is 10.0. The Morgan fingerprint density at radius 3 is 2.70 bits per heavy atom. The molecule has 0 aliphatic heterocycles. The van der Waals surface area contributed by atoms with E-state index in [0.29, 0.717) is 25.3 Å². The molecule has 0 atom stereocenters. The van der Waals surface area contributed by atoms with E-state index in [4.69, 9.17) is 0 Å². The standard InChI is InChI=1S/C15H18N4O/c20-15(7-6-13-4-2-1-3-5-13)19-11-10-18-14-12-16-8-9-17-14/h1-5,8-9,12H,6-7,10-11H2,(H,17,18)(H,19,20). The Labute approximate surface area is 118 Å². The topological polar surface area (TPSA) is 66.9 Å². The molecule has 0 radical (unpaired) electrons. The molecular weight excluding hydrogens is 252 g/mol. The van der Waals surface area contributed by atoms with Crippen LogP contribution in [0.2, 0.25) is 0 Å². The van der Waals surface area contributed by atoms with Crippen LogP contribution in [-0.4, -0.2) is 29.0 Å². The van der Waals surface area contributed by atoms with Crippen molar-refractivity contribution in [3.8, 4) is 0 Å². The third-order valence-electron chi connectivity index (χ3n) is 2.80. The summed E-state index contributed by atoms with van der Waals surface area (Å²) in [6, 6.07) is 10.0. The summed E-state index contributed by atoms with van der Waals surface area (Å²) in [6.07, 6.45) is 6.17. The van der Waals surface area contributed by atoms with Crippen molar-refractivity contribution in [2.75, 3.05) is 18.4 Å². The van der Waals surface area contributed by atoms with Gasteiger partial charge >= 0.3 is 0 Å². The SMILES string of the molecule is O=C(CCc1ccccc1)NCCNc1cnccn1. The second kappa shape index (κ2) is 7.89. The molecule has 20 heavy (non-hydrogen) atoms. The van der Waals surface area contributed by atoms with Crippen LogP contribution >= 0.6 is 0 Å². The zero-order valence-corrected chi connectivity index (χ0v) is 11.2. The Hall–Kier alpha value is -2.43. The second-order valence-corrected chi connectivity index (χ2v) is 4.35. The van der Waals surface area contributed by atoms with Crippen LogP contribution in [0.5, 0.6) is 0 Å². The number of hydrogen-bond donors (Lipinski definition) is 2. The smallest absolute Gasteiger partial charge is 0.220 e. The molecule has 1 amide bonds. The zero-order chi connectivity index (χ0) is 14.0. The Bertz CT molecular complexity index is 516. The van der Waals surface area contributed by atoms with Crippen molar-refractivity contribution < 1.29 is 4.79 Å². The van der Waals surface area contributed by atoms with Crippen LogP contribution < -0.4 is 10.6 Å². The van der Waals surface area contributed by atoms with Gasteiger partial charge in [-0.1, -0.05) is 30.3 Å². The summed E-state index contributed by atoms with van der Waals surface area (Å²) in [6.45, 7) is 1.21. The number of aromatic nitrogens is 2. The van der Waals surface area contributed by atoms with E-state index in [1.54, 1.807) is 18.6 Å². The summed E-state index contributed by atoms with van der Waals surface area (Å²) in [5.41, 5.74) is 1.18. The molecule has 5 nitrogen and oxygen atoms in total. The van der Waals surface area contributed by atoms with Gasteiger partial charge in [-0.3, -0.25) is 9.78 Å². The lowest BCUT2D eigenvalue weighted by Gasteiger charge is -2.07. The van der Waals surface area contributed by atoms with Crippen molar-refractivity contribution in [1.29, 1.82) is 0 Å². The fraction of sp³-hybridized carbons (Fsp3) is 0.267. The summed E-state index contributed by atoms with van der Waals surface area (Å²) in [5.74, 6) is 0.779. The lowest BCUT2D eigenvalue weighted by molar-refractivity contribution is -0.120. The monoisotopic (exact) mass is 270 g/mol. The Morgan fingerprint density at radius 2 is 1.95 bits per heavy atom. The fourth-order valence-electron chi connectivity index (χ4n) is 1.77. The van der Waals surface area contributed by atoms with E-state index in [-0.39, 0.29) is 5.91 Å². The minimum Gasteiger partial charge on any atom is -0.367 e. The number of hydrogen-bond acceptors (Lipinski definition) is 4. The van der Waals surface area contributed by atoms with Crippen molar-refractivity contribution in [2.45, 2.75) is 12.8 Å². The van der Waals surface area contributed by atoms with E-state index in [2.05, 4.69) is 20.6 Å². The molecule has 1 aromatic heterocycles. The van der Waals surface area contributed by atoms with Crippen LogP contribution in [0, 0.1) is 0 Å². The molecule has 2 rings (SSSR count). The number of rotatable bonds is 7. The number of anilines is 1. The quantitative estimate of drug-likeness (QED) is 0.751. The second-order valence-electron chi connectivity index (χ2n) is 4.35. The van der Waals surface area contributed by atoms with Gasteiger partial charge in [-0.15, -0.1) is 0 Å². The van der Waals surface area contributed by atoms with Crippen LogP contribution in [0.1, 0.15) is 12.0 Å². The third-order valence-corrected chi connectivity index (χ3v) is 2.80. The molecule has 0 spiro atoms. The summed E-state index contributed by atoms with van der Waals surface area (Å²) in [5, 5.41) is 5.96. The highest BCUT2D eigenvalue weighted by Gasteiger charge is 2.01. The number of carbonyl (C=O) groups is 1. The summed E-state index contributed by atoms with van der Waals surface area (Å²) >= 11 is 0. The van der Waals surface area contributed by atoms with Gasteiger partial charge in [0.05, 0.1) is 6.20 Å². The lowest BCUT2D eigenvalue weighted by Crippen LogP contribution is -2.29. The van der Waals surface area contributed by atoms with Crippen molar-refractivity contribution in [1.82, 2.24) is 15.3 Å². The van der Waals surface area contributed by atoms with Gasteiger partial charge in [-0.2, -0.15) is 0 Å². The minimum atomic E-state index is 0.0646. The molecule has 104 valence electrons. The Kier molecular flexibility index (Phi) is 5.52. The molecule has 0 fully saturated rings. The number of carbonyl (C=O) groups excluding carboxylic acids is 1. The highest BCUT2D eigenvalue weighted by atomic mass is 16.1. The zero-order valence-electron chi connectivity index (χ0n) is 11.2. The molecule has 1 heterocycles. The van der Waals surface area contributed by atoms with Gasteiger partial charge in [0.2, 0.25) is 5.91 Å². The van der Waals surface area contributed by atoms with E-state index in [1.807, 2.05) is 30.3 Å². The van der Waals surface area contributed by atoms with Crippen LogP contribution in [0.25, 0.3) is 0 Å². The van der Waals surface area contributed by atoms with Crippen molar-refractivity contribution >= 4 is 11.7 Å². The molecule has 0 aliphatic rings. The first-order valence-corrected chi connectivity index (χ1v) is 6.65. The maximum absolute atomic E-state index is 11.7. The molecule has 2 N–H and O–H groups in total. The van der Waals surface area contributed by atoms with Crippen LogP contribution in [0.15, 0.2) is 48.9 Å². The number of aryl methyl sites for hydroxylation is 1. The number of nitrogens with one attached hydrogen (secondary N) is 2. The molecule has 1 aromatic carbocycles. The van der Waals surface area contributed by atoms with Gasteiger partial charge < -0.3 is 10.6 Å². The van der Waals surface area contributed by atoms with Gasteiger partial charge in [-0.25, -0.2) is 4.98 Å². The number of amides is 1. The third kappa shape index (κ3) is 5.06. The molecule has 0 unspecified atom stereocenters. The minimum absolute atomic E-state index is 0.0646. The predicted molar refractivity (Wildman–Crippen MR) is 78.3 cm³/mol. The van der Waals surface area contributed by atoms with E-state index >= 15 is 0 Å². The van der Waals surface area contributed by atoms with Crippen molar-refractivity contribution in [2.24, 2.45) is 0 Å². The summed E-state index contributed by atoms with van der Waals surface area (Å²) < 4.78 is 0. The Morgan fingerprint density at radius 1 is 1.10 bits per heavy atom. The van der Waals surface area contributed by atoms with E-state index in [1.165, 1.54) is 5.56 Å². The average molecular weight is 270 g/mol. The largest absolute Gasteiger partial charge is 0.367 e. The molecular formula is C15H18N4O. The van der Waals surface area contributed by atoms with Gasteiger partial charge in [0, 0.05) is 31.9 Å². The lowest BCUT2D eigenvalue weighted by atomic mass is 10.1. The molecule has 0 saturated heterocycles. The van der Waals surface area contributed by atoms with E-state index < -0.39 is 0 Å². The van der Waals surface area contributed by atoms with Crippen LogP contribution in [-0.2, 0) is 11.2 Å². The fourth-order valence-corrected chi connectivity index (χ4v) is 1.77. The summed E-state index contributed by atoms with van der Waals surface area (Å²) in [4.78, 5) is 19.7. The maximum Gasteiger partial charge on any atom is 0.220 e. The Balaban J connectivity index is 1.59. The van der Waals surface area contributed by atoms with E-state index in [0.717, 1.165) is 6.42 Å². The maximum atomic E-state index is 11.7. The van der Waals surface area contributed by atoms with Crippen molar-refractivity contribution in [3.05, 3.63) is 54.5 Å². The first-order valence-electron chi connectivity index (χ1n) is 6.65. The van der Waals surface area contributed by atoms with E-state index in [9.17, 15) is 4.79 Å². The molecule has 0 aliphatic carbocycles. The first-order chi connectivity index (χ1) is 9.84. The van der Waals surface area contributed by atoms with Gasteiger partial charge in [-0.05, 0) is 12.0 Å². The highest BCUT2D eigenvalue weighted by Crippen LogP contribution is 2.02. The predicted octanol–water partition coefficient (Wildman–Crippen LogP) is 1.64. The van der Waals surface area contributed by atoms with Crippen LogP contribution in [0.3, 0.4) is 0 Å². The molecule has 0 bridgehead atoms. The first kappa shape index (κ1) is 14.0. The van der Waals surface area contributed by atoms with Gasteiger partial charge in [0.25, 0.3) is 0 Å². The molecule has 5 heteroatoms. The highest BCUT2D eigenvalue weighted by molar-refractivity contribution is 5.76. The van der Waals surface area contributed by atoms with Gasteiger partial charge in [0.15, 0.2) is 0 Å². The number of benzene rings is 1.